The van der Waals surface area contributed by atoms with Gasteiger partial charge in [-0.15, -0.1) is 5.10 Å². The fourth-order valence-corrected chi connectivity index (χ4v) is 4.66. The molecule has 0 radical (unpaired) electrons. The first kappa shape index (κ1) is 23.4. The predicted molar refractivity (Wildman–Crippen MR) is 134 cm³/mol. The third kappa shape index (κ3) is 4.61. The van der Waals surface area contributed by atoms with Gasteiger partial charge in [-0.2, -0.15) is 4.37 Å². The maximum absolute atomic E-state index is 12.8. The summed E-state index contributed by atoms with van der Waals surface area (Å²) >= 11 is 7.11. The summed E-state index contributed by atoms with van der Waals surface area (Å²) in [5, 5.41) is 31.5. The molecule has 5 aromatic rings. The summed E-state index contributed by atoms with van der Waals surface area (Å²) < 4.78 is 6.64. The van der Waals surface area contributed by atoms with Crippen LogP contribution in [0.1, 0.15) is 16.1 Å². The smallest absolute Gasteiger partial charge is 0.322 e. The molecule has 3 aromatic heterocycles. The summed E-state index contributed by atoms with van der Waals surface area (Å²) in [5.41, 5.74) is 2.44. The molecule has 0 aliphatic heterocycles. The first-order valence-electron chi connectivity index (χ1n) is 10.6. The van der Waals surface area contributed by atoms with Crippen molar-refractivity contribution in [1.29, 1.82) is 0 Å². The average molecular weight is 521 g/mol. The number of carbonyl (C=O) groups is 2. The minimum atomic E-state index is -1.23. The number of amides is 1. The number of carboxylic acids is 1. The van der Waals surface area contributed by atoms with Crippen molar-refractivity contribution >= 4 is 45.1 Å². The fourth-order valence-electron chi connectivity index (χ4n) is 3.64. The molecule has 3 N–H and O–H groups in total. The van der Waals surface area contributed by atoms with E-state index in [-0.39, 0.29) is 5.69 Å². The molecule has 0 saturated heterocycles. The van der Waals surface area contributed by atoms with Crippen LogP contribution in [0, 0.1) is 0 Å². The Balaban J connectivity index is 1.64. The van der Waals surface area contributed by atoms with Crippen LogP contribution in [0.15, 0.2) is 60.8 Å². The normalized spacial score (nSPS) is 11.0. The van der Waals surface area contributed by atoms with E-state index in [0.717, 1.165) is 17.1 Å². The Labute approximate surface area is 213 Å². The first-order chi connectivity index (χ1) is 17.4. The van der Waals surface area contributed by atoms with Crippen molar-refractivity contribution in [2.45, 2.75) is 6.54 Å². The van der Waals surface area contributed by atoms with Crippen molar-refractivity contribution in [1.82, 2.24) is 29.7 Å². The number of carboxylic acid groups (broad SMARTS) is 1. The molecule has 3 heterocycles. The first-order valence-corrected chi connectivity index (χ1v) is 11.8. The van der Waals surface area contributed by atoms with Crippen molar-refractivity contribution < 1.29 is 19.8 Å². The molecule has 180 valence electrons. The largest absolute Gasteiger partial charge is 0.505 e. The van der Waals surface area contributed by atoms with Crippen molar-refractivity contribution in [3.8, 4) is 28.4 Å². The van der Waals surface area contributed by atoms with E-state index in [2.05, 4.69) is 25.0 Å². The van der Waals surface area contributed by atoms with Gasteiger partial charge in [-0.25, -0.2) is 9.67 Å². The highest BCUT2D eigenvalue weighted by Gasteiger charge is 2.26. The van der Waals surface area contributed by atoms with Gasteiger partial charge in [0.05, 0.1) is 28.5 Å². The Morgan fingerprint density at radius 3 is 2.53 bits per heavy atom. The fraction of sp³-hybridized carbons (Fsp3) is 0.0833. The molecular formula is C24H17ClN6O4S. The van der Waals surface area contributed by atoms with Crippen molar-refractivity contribution in [3.05, 3.63) is 77.1 Å². The third-order valence-corrected chi connectivity index (χ3v) is 6.40. The van der Waals surface area contributed by atoms with E-state index in [9.17, 15) is 14.7 Å². The molecule has 2 aromatic carbocycles. The Bertz CT molecular complexity index is 1580. The van der Waals surface area contributed by atoms with E-state index in [0.29, 0.717) is 44.3 Å². The number of carbonyl (C=O) groups excluding carboxylic acids is 1. The number of fused-ring (bicyclic) bond motifs is 1. The zero-order valence-corrected chi connectivity index (χ0v) is 20.0. The number of aromatic nitrogens is 5. The van der Waals surface area contributed by atoms with Gasteiger partial charge in [-0.05, 0) is 29.2 Å². The van der Waals surface area contributed by atoms with Crippen LogP contribution in [0.2, 0.25) is 5.02 Å². The standard InChI is InChI=1S/C24H17ClN6O4S/c25-15-8-6-14(7-9-15)19-18-22(34)21(24(35)26-10-17(32)33)27-20(23(18)36-29-19)16-12-31(30-28-16)11-13-4-2-1-3-5-13/h1-9,12,34H,10-11H2,(H,26,35)(H,32,33). The minimum absolute atomic E-state index is 0.292. The summed E-state index contributed by atoms with van der Waals surface area (Å²) in [5.74, 6) is -2.48. The van der Waals surface area contributed by atoms with E-state index in [4.69, 9.17) is 16.7 Å². The second kappa shape index (κ2) is 9.72. The number of nitrogens with one attached hydrogen (secondary N) is 1. The van der Waals surface area contributed by atoms with E-state index in [1.54, 1.807) is 35.1 Å². The molecule has 1 amide bonds. The lowest BCUT2D eigenvalue weighted by molar-refractivity contribution is -0.135. The van der Waals surface area contributed by atoms with Crippen molar-refractivity contribution in [2.75, 3.05) is 6.54 Å². The number of halogens is 1. The van der Waals surface area contributed by atoms with Gasteiger partial charge >= 0.3 is 5.97 Å². The van der Waals surface area contributed by atoms with Crippen LogP contribution in [0.5, 0.6) is 5.75 Å². The number of nitrogens with zero attached hydrogens (tertiary/aromatic N) is 5. The van der Waals surface area contributed by atoms with Gasteiger partial charge in [-0.3, -0.25) is 9.59 Å². The van der Waals surface area contributed by atoms with E-state index < -0.39 is 24.2 Å². The maximum Gasteiger partial charge on any atom is 0.322 e. The highest BCUT2D eigenvalue weighted by Crippen LogP contribution is 2.42. The minimum Gasteiger partial charge on any atom is -0.505 e. The van der Waals surface area contributed by atoms with Crippen LogP contribution in [-0.2, 0) is 11.3 Å². The van der Waals surface area contributed by atoms with Gasteiger partial charge in [0, 0.05) is 10.6 Å². The SMILES string of the molecule is O=C(O)CNC(=O)c1nc(-c2cn(Cc3ccccc3)nn2)c2snc(-c3ccc(Cl)cc3)c2c1O. The van der Waals surface area contributed by atoms with Crippen LogP contribution in [0.4, 0.5) is 0 Å². The molecule has 12 heteroatoms. The van der Waals surface area contributed by atoms with Gasteiger partial charge in [0.1, 0.15) is 17.9 Å². The zero-order chi connectivity index (χ0) is 25.2. The Hall–Kier alpha value is -4.35. The number of rotatable bonds is 7. The topological polar surface area (TPSA) is 143 Å². The molecule has 0 aliphatic carbocycles. The number of hydrogen-bond acceptors (Lipinski definition) is 8. The highest BCUT2D eigenvalue weighted by molar-refractivity contribution is 7.14. The Kier molecular flexibility index (Phi) is 6.32. The summed E-state index contributed by atoms with van der Waals surface area (Å²) in [4.78, 5) is 28.1. The summed E-state index contributed by atoms with van der Waals surface area (Å²) in [7, 11) is 0. The molecule has 0 spiro atoms. The lowest BCUT2D eigenvalue weighted by Crippen LogP contribution is -2.30. The maximum atomic E-state index is 12.8. The zero-order valence-electron chi connectivity index (χ0n) is 18.4. The molecule has 10 nitrogen and oxygen atoms in total. The monoisotopic (exact) mass is 520 g/mol. The predicted octanol–water partition coefficient (Wildman–Crippen LogP) is 3.84. The molecule has 0 atom stereocenters. The molecular weight excluding hydrogens is 504 g/mol. The lowest BCUT2D eigenvalue weighted by Gasteiger charge is -2.09. The van der Waals surface area contributed by atoms with E-state index in [1.165, 1.54) is 0 Å². The van der Waals surface area contributed by atoms with Gasteiger partial charge in [0.15, 0.2) is 11.4 Å². The van der Waals surface area contributed by atoms with Crippen LogP contribution in [-0.4, -0.2) is 53.0 Å². The molecule has 0 saturated carbocycles. The van der Waals surface area contributed by atoms with Gasteiger partial charge < -0.3 is 15.5 Å². The van der Waals surface area contributed by atoms with Crippen LogP contribution in [0.3, 0.4) is 0 Å². The van der Waals surface area contributed by atoms with Gasteiger partial charge in [0.2, 0.25) is 0 Å². The lowest BCUT2D eigenvalue weighted by atomic mass is 10.1. The van der Waals surface area contributed by atoms with Gasteiger partial charge in [0.25, 0.3) is 5.91 Å². The third-order valence-electron chi connectivity index (χ3n) is 5.29. The summed E-state index contributed by atoms with van der Waals surface area (Å²) in [6.07, 6.45) is 1.69. The van der Waals surface area contributed by atoms with Crippen LogP contribution >= 0.6 is 23.1 Å². The van der Waals surface area contributed by atoms with Crippen molar-refractivity contribution in [3.63, 3.8) is 0 Å². The molecule has 0 fully saturated rings. The van der Waals surface area contributed by atoms with Crippen LogP contribution < -0.4 is 5.32 Å². The molecule has 36 heavy (non-hydrogen) atoms. The Morgan fingerprint density at radius 2 is 1.81 bits per heavy atom. The van der Waals surface area contributed by atoms with Gasteiger partial charge in [-0.1, -0.05) is 59.3 Å². The number of benzene rings is 2. The number of hydrogen-bond donors (Lipinski definition) is 3. The number of aliphatic carboxylic acids is 1. The second-order valence-corrected chi connectivity index (χ2v) is 8.97. The number of aromatic hydroxyl groups is 1. The Morgan fingerprint density at radius 1 is 1.06 bits per heavy atom. The molecule has 0 bridgehead atoms. The molecule has 5 rings (SSSR count). The second-order valence-electron chi connectivity index (χ2n) is 7.76. The highest BCUT2D eigenvalue weighted by atomic mass is 35.5. The summed E-state index contributed by atoms with van der Waals surface area (Å²) in [6.45, 7) is -0.160. The van der Waals surface area contributed by atoms with E-state index in [1.807, 2.05) is 30.3 Å². The van der Waals surface area contributed by atoms with Crippen molar-refractivity contribution in [2.24, 2.45) is 0 Å². The summed E-state index contributed by atoms with van der Waals surface area (Å²) in [6, 6.07) is 16.6. The quantitative estimate of drug-likeness (QED) is 0.294. The number of pyridine rings is 1. The average Bonchev–Trinajstić information content (AvgIpc) is 3.52. The molecule has 0 aliphatic rings. The van der Waals surface area contributed by atoms with E-state index >= 15 is 0 Å². The van der Waals surface area contributed by atoms with Crippen LogP contribution in [0.25, 0.3) is 32.7 Å². The molecule has 0 unspecified atom stereocenters.